The summed E-state index contributed by atoms with van der Waals surface area (Å²) in [5.41, 5.74) is 6.13. The zero-order valence-corrected chi connectivity index (χ0v) is 9.83. The molecule has 0 fully saturated rings. The monoisotopic (exact) mass is 217 g/mol. The number of hydrogen-bond acceptors (Lipinski definition) is 2. The van der Waals surface area contributed by atoms with Crippen LogP contribution in [0.1, 0.15) is 25.5 Å². The normalized spacial score (nSPS) is 10.1. The molecule has 1 aromatic rings. The van der Waals surface area contributed by atoms with Crippen LogP contribution in [0.2, 0.25) is 0 Å². The predicted molar refractivity (Wildman–Crippen MR) is 63.6 cm³/mol. The van der Waals surface area contributed by atoms with E-state index in [-0.39, 0.29) is 6.54 Å². The van der Waals surface area contributed by atoms with Gasteiger partial charge in [0.2, 0.25) is 0 Å². The average molecular weight is 218 g/mol. The first kappa shape index (κ1) is 15.9. The molecule has 0 aliphatic rings. The Labute approximate surface area is 91.7 Å². The van der Waals surface area contributed by atoms with Crippen LogP contribution in [0.5, 0.6) is 0 Å². The van der Waals surface area contributed by atoms with Gasteiger partial charge in [-0.1, -0.05) is 44.2 Å². The van der Waals surface area contributed by atoms with Crippen LogP contribution < -0.4 is 5.73 Å². The quantitative estimate of drug-likeness (QED) is 0.748. The van der Waals surface area contributed by atoms with Crippen molar-refractivity contribution in [3.8, 4) is 0 Å². The van der Waals surface area contributed by atoms with Crippen molar-refractivity contribution in [3.05, 3.63) is 35.9 Å². The first-order valence-electron chi connectivity index (χ1n) is 4.65. The van der Waals surface area contributed by atoms with Gasteiger partial charge in [0.1, 0.15) is 0 Å². The number of aliphatic hydroxyl groups is 1. The Morgan fingerprint density at radius 2 is 1.64 bits per heavy atom. The van der Waals surface area contributed by atoms with Gasteiger partial charge in [0.25, 0.3) is 0 Å². The van der Waals surface area contributed by atoms with Gasteiger partial charge in [0.15, 0.2) is 0 Å². The van der Waals surface area contributed by atoms with E-state index in [9.17, 15) is 5.11 Å². The second kappa shape index (κ2) is 12.4. The van der Waals surface area contributed by atoms with Gasteiger partial charge in [0, 0.05) is 12.9 Å². The number of hydrogen-bond donors (Lipinski definition) is 2. The fraction of sp³-hybridized carbons (Fsp3) is 0.455. The van der Waals surface area contributed by atoms with Gasteiger partial charge in [-0.25, -0.2) is 0 Å². The van der Waals surface area contributed by atoms with Crippen molar-refractivity contribution in [1.82, 2.24) is 0 Å². The van der Waals surface area contributed by atoms with E-state index in [2.05, 4.69) is 11.6 Å². The van der Waals surface area contributed by atoms with Crippen LogP contribution in [-0.4, -0.2) is 18.0 Å². The molecule has 0 spiro atoms. The third-order valence-electron chi connectivity index (χ3n) is 1.41. The molecule has 3 heteroatoms. The van der Waals surface area contributed by atoms with Crippen molar-refractivity contribution in [2.24, 2.45) is 5.73 Å². The summed E-state index contributed by atoms with van der Waals surface area (Å²) in [6.45, 7) is 4.28. The molecule has 0 aromatic heterocycles. The van der Waals surface area contributed by atoms with Crippen molar-refractivity contribution >= 4 is 11.6 Å². The molecule has 3 N–H and O–H groups in total. The lowest BCUT2D eigenvalue weighted by Gasteiger charge is -2.05. The minimum absolute atomic E-state index is 0.282. The fourth-order valence-corrected chi connectivity index (χ4v) is 0.811. The summed E-state index contributed by atoms with van der Waals surface area (Å²) in [5, 5.41) is 9.20. The second-order valence-electron chi connectivity index (χ2n) is 2.16. The third kappa shape index (κ3) is 6.89. The van der Waals surface area contributed by atoms with Crippen molar-refractivity contribution in [2.45, 2.75) is 20.0 Å². The largest absolute Gasteiger partial charge is 0.387 e. The van der Waals surface area contributed by atoms with E-state index in [1.54, 1.807) is 0 Å². The summed E-state index contributed by atoms with van der Waals surface area (Å²) < 4.78 is 0. The number of rotatable bonds is 2. The molecule has 1 unspecified atom stereocenters. The lowest BCUT2D eigenvalue weighted by molar-refractivity contribution is 0.187. The molecule has 0 heterocycles. The molecule has 0 aliphatic heterocycles. The van der Waals surface area contributed by atoms with Gasteiger partial charge >= 0.3 is 0 Å². The standard InChI is InChI=1S/C8H11NO.C2H6.CH3Cl/c9-6-8(10)7-4-2-1-3-5-7;2*1-2/h1-5,8,10H,6,9H2;1-2H3;1H3. The van der Waals surface area contributed by atoms with Gasteiger partial charge in [-0.15, -0.1) is 11.6 Å². The van der Waals surface area contributed by atoms with Crippen LogP contribution in [0.3, 0.4) is 0 Å². The van der Waals surface area contributed by atoms with Crippen LogP contribution in [0.25, 0.3) is 0 Å². The summed E-state index contributed by atoms with van der Waals surface area (Å²) in [6, 6.07) is 9.39. The lowest BCUT2D eigenvalue weighted by atomic mass is 10.1. The number of alkyl halides is 1. The molecule has 0 saturated heterocycles. The SMILES string of the molecule is CC.CCl.NCC(O)c1ccccc1. The van der Waals surface area contributed by atoms with E-state index in [0.717, 1.165) is 5.56 Å². The van der Waals surface area contributed by atoms with E-state index < -0.39 is 6.10 Å². The second-order valence-corrected chi connectivity index (χ2v) is 2.16. The van der Waals surface area contributed by atoms with Crippen molar-refractivity contribution in [3.63, 3.8) is 0 Å². The van der Waals surface area contributed by atoms with Crippen LogP contribution in [0.15, 0.2) is 30.3 Å². The fourth-order valence-electron chi connectivity index (χ4n) is 0.811. The number of benzene rings is 1. The maximum absolute atomic E-state index is 9.20. The molecule has 14 heavy (non-hydrogen) atoms. The molecule has 1 atom stereocenters. The maximum Gasteiger partial charge on any atom is 0.0912 e. The van der Waals surface area contributed by atoms with Crippen LogP contribution in [0, 0.1) is 0 Å². The molecule has 0 aliphatic carbocycles. The van der Waals surface area contributed by atoms with E-state index in [0.29, 0.717) is 0 Å². The Balaban J connectivity index is 0. The Bertz CT molecular complexity index is 192. The van der Waals surface area contributed by atoms with E-state index in [1.165, 1.54) is 6.38 Å². The summed E-state index contributed by atoms with van der Waals surface area (Å²) in [6.07, 6.45) is 0.959. The smallest absolute Gasteiger partial charge is 0.0912 e. The first-order valence-corrected chi connectivity index (χ1v) is 5.41. The first-order chi connectivity index (χ1) is 6.84. The molecular weight excluding hydrogens is 198 g/mol. The van der Waals surface area contributed by atoms with Crippen molar-refractivity contribution in [1.29, 1.82) is 0 Å². The number of nitrogens with two attached hydrogens (primary N) is 1. The number of aliphatic hydroxyl groups excluding tert-OH is 1. The highest BCUT2D eigenvalue weighted by molar-refractivity contribution is 6.15. The third-order valence-corrected chi connectivity index (χ3v) is 1.41. The average Bonchev–Trinajstić information content (AvgIpc) is 2.34. The lowest BCUT2D eigenvalue weighted by Crippen LogP contribution is -2.10. The molecule has 0 saturated carbocycles. The zero-order valence-electron chi connectivity index (χ0n) is 9.07. The highest BCUT2D eigenvalue weighted by atomic mass is 35.5. The van der Waals surface area contributed by atoms with Gasteiger partial charge in [-0.3, -0.25) is 0 Å². The molecular formula is C11H20ClNO. The van der Waals surface area contributed by atoms with Gasteiger partial charge in [0.05, 0.1) is 6.10 Å². The van der Waals surface area contributed by atoms with Crippen LogP contribution >= 0.6 is 11.6 Å². The summed E-state index contributed by atoms with van der Waals surface area (Å²) in [4.78, 5) is 0. The van der Waals surface area contributed by atoms with Crippen LogP contribution in [0.4, 0.5) is 0 Å². The minimum Gasteiger partial charge on any atom is -0.387 e. The minimum atomic E-state index is -0.513. The van der Waals surface area contributed by atoms with Crippen molar-refractivity contribution < 1.29 is 5.11 Å². The molecule has 2 nitrogen and oxygen atoms in total. The Kier molecular flexibility index (Phi) is 14.1. The summed E-state index contributed by atoms with van der Waals surface area (Å²) in [7, 11) is 0. The van der Waals surface area contributed by atoms with Gasteiger partial charge in [-0.2, -0.15) is 0 Å². The van der Waals surface area contributed by atoms with E-state index in [1.807, 2.05) is 44.2 Å². The van der Waals surface area contributed by atoms with Crippen LogP contribution in [-0.2, 0) is 0 Å². The Hall–Kier alpha value is -0.570. The molecule has 82 valence electrons. The maximum atomic E-state index is 9.20. The summed E-state index contributed by atoms with van der Waals surface area (Å²) in [5.74, 6) is 0. The topological polar surface area (TPSA) is 46.2 Å². The van der Waals surface area contributed by atoms with E-state index >= 15 is 0 Å². The van der Waals surface area contributed by atoms with Crippen molar-refractivity contribution in [2.75, 3.05) is 12.9 Å². The molecule has 0 radical (unpaired) electrons. The molecule has 1 aromatic carbocycles. The summed E-state index contributed by atoms with van der Waals surface area (Å²) >= 11 is 4.64. The predicted octanol–water partition coefficient (Wildman–Crippen LogP) is 2.56. The highest BCUT2D eigenvalue weighted by Gasteiger charge is 2.01. The Morgan fingerprint density at radius 3 is 2.00 bits per heavy atom. The van der Waals surface area contributed by atoms with Gasteiger partial charge in [-0.05, 0) is 5.56 Å². The highest BCUT2D eigenvalue weighted by Crippen LogP contribution is 2.08. The number of halogens is 1. The molecule has 0 bridgehead atoms. The van der Waals surface area contributed by atoms with E-state index in [4.69, 9.17) is 5.73 Å². The Morgan fingerprint density at radius 1 is 1.21 bits per heavy atom. The van der Waals surface area contributed by atoms with Gasteiger partial charge < -0.3 is 10.8 Å². The molecule has 0 amide bonds. The zero-order chi connectivity index (χ0) is 11.4. The molecule has 1 rings (SSSR count).